The van der Waals surface area contributed by atoms with Gasteiger partial charge in [0.25, 0.3) is 0 Å². The second kappa shape index (κ2) is 3.34. The molecule has 4 heteroatoms. The number of thiophene rings is 1. The van der Waals surface area contributed by atoms with Crippen LogP contribution in [0.15, 0.2) is 12.1 Å². The Morgan fingerprint density at radius 1 is 1.58 bits per heavy atom. The summed E-state index contributed by atoms with van der Waals surface area (Å²) in [6, 6.07) is 4.42. The molecular weight excluding hydrogens is 192 g/mol. The average Bonchev–Trinajstić information content (AvgIpc) is 2.58. The molecule has 1 unspecified atom stereocenters. The molecule has 1 fully saturated rings. The minimum atomic E-state index is 0.405. The summed E-state index contributed by atoms with van der Waals surface area (Å²) in [5, 5.41) is 1.90. The third-order valence-electron chi connectivity index (χ3n) is 2.22. The van der Waals surface area contributed by atoms with E-state index in [2.05, 4.69) is 6.07 Å². The van der Waals surface area contributed by atoms with Gasteiger partial charge in [-0.1, -0.05) is 11.6 Å². The van der Waals surface area contributed by atoms with E-state index in [0.717, 1.165) is 17.3 Å². The molecule has 1 saturated heterocycles. The predicted molar refractivity (Wildman–Crippen MR) is 52.2 cm³/mol. The van der Waals surface area contributed by atoms with E-state index in [0.29, 0.717) is 6.04 Å². The van der Waals surface area contributed by atoms with E-state index in [9.17, 15) is 0 Å². The fourth-order valence-corrected chi connectivity index (χ4v) is 2.82. The van der Waals surface area contributed by atoms with Crippen LogP contribution < -0.4 is 5.84 Å². The Morgan fingerprint density at radius 2 is 2.42 bits per heavy atom. The molecule has 1 atom stereocenters. The lowest BCUT2D eigenvalue weighted by Gasteiger charge is -2.16. The van der Waals surface area contributed by atoms with Crippen LogP contribution in [0.3, 0.4) is 0 Å². The summed E-state index contributed by atoms with van der Waals surface area (Å²) in [6.07, 6.45) is 2.35. The Labute approximate surface area is 80.9 Å². The van der Waals surface area contributed by atoms with Crippen LogP contribution >= 0.6 is 22.9 Å². The normalized spacial score (nSPS) is 25.0. The molecule has 1 aliphatic heterocycles. The first-order valence-corrected chi connectivity index (χ1v) is 5.23. The molecule has 2 nitrogen and oxygen atoms in total. The van der Waals surface area contributed by atoms with Crippen LogP contribution in [0.1, 0.15) is 23.8 Å². The van der Waals surface area contributed by atoms with Gasteiger partial charge in [0, 0.05) is 11.4 Å². The van der Waals surface area contributed by atoms with Crippen molar-refractivity contribution in [3.05, 3.63) is 21.3 Å². The van der Waals surface area contributed by atoms with Crippen molar-refractivity contribution in [3.63, 3.8) is 0 Å². The maximum Gasteiger partial charge on any atom is 0.0931 e. The highest BCUT2D eigenvalue weighted by Crippen LogP contribution is 2.35. The largest absolute Gasteiger partial charge is 0.268 e. The van der Waals surface area contributed by atoms with Crippen molar-refractivity contribution in [1.29, 1.82) is 0 Å². The molecule has 0 saturated carbocycles. The summed E-state index contributed by atoms with van der Waals surface area (Å²) in [6.45, 7) is 1.00. The van der Waals surface area contributed by atoms with Crippen molar-refractivity contribution in [1.82, 2.24) is 5.01 Å². The first kappa shape index (κ1) is 8.51. The van der Waals surface area contributed by atoms with E-state index >= 15 is 0 Å². The van der Waals surface area contributed by atoms with Crippen molar-refractivity contribution in [2.75, 3.05) is 6.54 Å². The quantitative estimate of drug-likeness (QED) is 0.709. The second-order valence-corrected chi connectivity index (χ2v) is 4.78. The van der Waals surface area contributed by atoms with Gasteiger partial charge in [0.05, 0.1) is 10.4 Å². The van der Waals surface area contributed by atoms with Gasteiger partial charge in [0.2, 0.25) is 0 Å². The summed E-state index contributed by atoms with van der Waals surface area (Å²) in [4.78, 5) is 1.29. The van der Waals surface area contributed by atoms with Crippen molar-refractivity contribution >= 4 is 22.9 Å². The smallest absolute Gasteiger partial charge is 0.0931 e. The molecule has 0 amide bonds. The van der Waals surface area contributed by atoms with Gasteiger partial charge >= 0.3 is 0 Å². The Balaban J connectivity index is 2.19. The molecule has 0 spiro atoms. The van der Waals surface area contributed by atoms with E-state index in [1.54, 1.807) is 11.3 Å². The Kier molecular flexibility index (Phi) is 2.37. The van der Waals surface area contributed by atoms with Crippen molar-refractivity contribution in [3.8, 4) is 0 Å². The number of hydrogen-bond acceptors (Lipinski definition) is 3. The highest BCUT2D eigenvalue weighted by molar-refractivity contribution is 7.16. The highest BCUT2D eigenvalue weighted by atomic mass is 35.5. The van der Waals surface area contributed by atoms with Crippen LogP contribution in [0.5, 0.6) is 0 Å². The van der Waals surface area contributed by atoms with Gasteiger partial charge in [-0.2, -0.15) is 0 Å². The molecule has 2 N–H and O–H groups in total. The van der Waals surface area contributed by atoms with Gasteiger partial charge in [-0.25, -0.2) is 5.01 Å². The number of halogens is 1. The van der Waals surface area contributed by atoms with Gasteiger partial charge in [0.1, 0.15) is 0 Å². The molecule has 1 aromatic heterocycles. The van der Waals surface area contributed by atoms with Gasteiger partial charge in [-0.15, -0.1) is 11.3 Å². The summed E-state index contributed by atoms with van der Waals surface area (Å²) in [5.41, 5.74) is 0. The van der Waals surface area contributed by atoms with E-state index in [1.165, 1.54) is 11.3 Å². The van der Waals surface area contributed by atoms with Crippen LogP contribution in [0.2, 0.25) is 4.34 Å². The fraction of sp³-hybridized carbons (Fsp3) is 0.500. The number of nitrogens with two attached hydrogens (primary N) is 1. The minimum absolute atomic E-state index is 0.405. The molecule has 2 heterocycles. The molecule has 0 radical (unpaired) electrons. The third kappa shape index (κ3) is 1.50. The van der Waals surface area contributed by atoms with Gasteiger partial charge in [0.15, 0.2) is 0 Å². The SMILES string of the molecule is NN1CCCC1c1ccc(Cl)s1. The standard InChI is InChI=1S/C8H11ClN2S/c9-8-4-3-7(12-8)6-2-1-5-11(6)10/h3-4,6H,1-2,5,10H2. The van der Waals surface area contributed by atoms with Gasteiger partial charge in [-0.05, 0) is 25.0 Å². The third-order valence-corrected chi connectivity index (χ3v) is 3.55. The lowest BCUT2D eigenvalue weighted by molar-refractivity contribution is 0.269. The monoisotopic (exact) mass is 202 g/mol. The zero-order valence-corrected chi connectivity index (χ0v) is 8.24. The zero-order valence-electron chi connectivity index (χ0n) is 6.66. The number of hydrogen-bond donors (Lipinski definition) is 1. The summed E-state index contributed by atoms with van der Waals surface area (Å²) >= 11 is 7.48. The molecule has 2 rings (SSSR count). The average molecular weight is 203 g/mol. The first-order valence-electron chi connectivity index (χ1n) is 4.04. The van der Waals surface area contributed by atoms with Crippen LogP contribution in [-0.4, -0.2) is 11.6 Å². The number of nitrogens with zero attached hydrogens (tertiary/aromatic N) is 1. The lowest BCUT2D eigenvalue weighted by Crippen LogP contribution is -2.29. The number of rotatable bonds is 1. The van der Waals surface area contributed by atoms with Crippen molar-refractivity contribution in [2.24, 2.45) is 5.84 Å². The maximum atomic E-state index is 5.85. The molecule has 12 heavy (non-hydrogen) atoms. The molecule has 1 aromatic rings. The second-order valence-electron chi connectivity index (χ2n) is 3.04. The Bertz CT molecular complexity index is 274. The zero-order chi connectivity index (χ0) is 8.55. The first-order chi connectivity index (χ1) is 5.77. The maximum absolute atomic E-state index is 5.85. The molecule has 1 aliphatic rings. The summed E-state index contributed by atoms with van der Waals surface area (Å²) < 4.78 is 0.852. The summed E-state index contributed by atoms with van der Waals surface area (Å²) in [5.74, 6) is 5.82. The highest BCUT2D eigenvalue weighted by Gasteiger charge is 2.24. The van der Waals surface area contributed by atoms with Crippen LogP contribution in [0.4, 0.5) is 0 Å². The molecule has 0 aliphatic carbocycles. The topological polar surface area (TPSA) is 29.3 Å². The molecule has 0 aromatic carbocycles. The molecular formula is C8H11ClN2S. The van der Waals surface area contributed by atoms with Crippen molar-refractivity contribution in [2.45, 2.75) is 18.9 Å². The van der Waals surface area contributed by atoms with Gasteiger partial charge in [-0.3, -0.25) is 5.84 Å². The Morgan fingerprint density at radius 3 is 2.92 bits per heavy atom. The van der Waals surface area contributed by atoms with E-state index in [1.807, 2.05) is 11.1 Å². The van der Waals surface area contributed by atoms with Gasteiger partial charge < -0.3 is 0 Å². The minimum Gasteiger partial charge on any atom is -0.268 e. The van der Waals surface area contributed by atoms with E-state index in [4.69, 9.17) is 17.4 Å². The van der Waals surface area contributed by atoms with E-state index < -0.39 is 0 Å². The lowest BCUT2D eigenvalue weighted by atomic mass is 10.2. The fourth-order valence-electron chi connectivity index (χ4n) is 1.60. The van der Waals surface area contributed by atoms with Crippen LogP contribution in [0, 0.1) is 0 Å². The van der Waals surface area contributed by atoms with Crippen LogP contribution in [-0.2, 0) is 0 Å². The predicted octanol–water partition coefficient (Wildman–Crippen LogP) is 2.41. The van der Waals surface area contributed by atoms with Crippen LogP contribution in [0.25, 0.3) is 0 Å². The Hall–Kier alpha value is -0.0900. The molecule has 66 valence electrons. The summed E-state index contributed by atoms with van der Waals surface area (Å²) in [7, 11) is 0. The molecule has 0 bridgehead atoms. The van der Waals surface area contributed by atoms with Crippen molar-refractivity contribution < 1.29 is 0 Å². The van der Waals surface area contributed by atoms with E-state index in [-0.39, 0.29) is 0 Å². The number of hydrazine groups is 1.